The fourth-order valence-corrected chi connectivity index (χ4v) is 1.07. The summed E-state index contributed by atoms with van der Waals surface area (Å²) in [5.41, 5.74) is 4.15. The Hall–Kier alpha value is -1.91. The van der Waals surface area contributed by atoms with Crippen LogP contribution in [0.2, 0.25) is 0 Å². The zero-order chi connectivity index (χ0) is 11.8. The van der Waals surface area contributed by atoms with Gasteiger partial charge in [-0.05, 0) is 26.0 Å². The molecule has 1 heterocycles. The van der Waals surface area contributed by atoms with Gasteiger partial charge in [0.05, 0.1) is 18.0 Å². The van der Waals surface area contributed by atoms with Crippen molar-refractivity contribution in [3.05, 3.63) is 30.1 Å². The van der Waals surface area contributed by atoms with Crippen molar-refractivity contribution in [1.82, 2.24) is 10.4 Å². The van der Waals surface area contributed by atoms with E-state index in [1.165, 1.54) is 0 Å². The van der Waals surface area contributed by atoms with Crippen molar-refractivity contribution < 1.29 is 9.53 Å². The molecule has 0 aliphatic heterocycles. The first-order valence-electron chi connectivity index (χ1n) is 5.08. The van der Waals surface area contributed by atoms with Gasteiger partial charge in [0.15, 0.2) is 0 Å². The molecule has 0 aromatic carbocycles. The number of carbonyl (C=O) groups excluding carboxylic acids is 1. The van der Waals surface area contributed by atoms with Crippen LogP contribution in [0, 0.1) is 0 Å². The topological polar surface area (TPSA) is 63.6 Å². The van der Waals surface area contributed by atoms with Gasteiger partial charge in [0.1, 0.15) is 6.54 Å². The van der Waals surface area contributed by atoms with Crippen LogP contribution in [-0.4, -0.2) is 29.8 Å². The summed E-state index contributed by atoms with van der Waals surface area (Å²) in [5, 5.41) is 4.02. The maximum atomic E-state index is 11.0. The summed E-state index contributed by atoms with van der Waals surface area (Å²) in [6.07, 6.45) is 1.69. The Bertz CT molecular complexity index is 363. The van der Waals surface area contributed by atoms with Crippen molar-refractivity contribution >= 4 is 11.7 Å². The van der Waals surface area contributed by atoms with Gasteiger partial charge in [0.2, 0.25) is 0 Å². The van der Waals surface area contributed by atoms with Gasteiger partial charge in [0.25, 0.3) is 0 Å². The molecular weight excluding hydrogens is 206 g/mol. The zero-order valence-electron chi connectivity index (χ0n) is 9.43. The number of nitrogens with zero attached hydrogens (tertiary/aromatic N) is 2. The number of hydrogen-bond donors (Lipinski definition) is 1. The first-order chi connectivity index (χ1) is 7.74. The molecule has 0 amide bonds. The largest absolute Gasteiger partial charge is 0.465 e. The van der Waals surface area contributed by atoms with Crippen LogP contribution in [-0.2, 0) is 9.53 Å². The number of nitrogens with one attached hydrogen (secondary N) is 1. The van der Waals surface area contributed by atoms with Gasteiger partial charge in [-0.25, -0.2) is 0 Å². The molecule has 0 radical (unpaired) electrons. The lowest BCUT2D eigenvalue weighted by Gasteiger charge is -2.02. The standard InChI is InChI=1S/C11H15N3O2/c1-3-16-11(15)8-13-14-9(2)10-6-4-5-7-12-10/h4-7,13H,3,8H2,1-2H3/b14-9+. The molecule has 0 aliphatic rings. The van der Waals surface area contributed by atoms with Crippen molar-refractivity contribution in [2.24, 2.45) is 5.10 Å². The maximum absolute atomic E-state index is 11.0. The number of aromatic nitrogens is 1. The van der Waals surface area contributed by atoms with Crippen molar-refractivity contribution in [2.75, 3.05) is 13.2 Å². The van der Waals surface area contributed by atoms with E-state index in [-0.39, 0.29) is 12.5 Å². The van der Waals surface area contributed by atoms with E-state index in [1.54, 1.807) is 13.1 Å². The van der Waals surface area contributed by atoms with E-state index in [4.69, 9.17) is 4.74 Å². The zero-order valence-corrected chi connectivity index (χ0v) is 9.43. The predicted octanol–water partition coefficient (Wildman–Crippen LogP) is 0.958. The molecule has 1 N–H and O–H groups in total. The smallest absolute Gasteiger partial charge is 0.327 e. The minimum atomic E-state index is -0.319. The summed E-state index contributed by atoms with van der Waals surface area (Å²) < 4.78 is 4.74. The molecule has 0 spiro atoms. The van der Waals surface area contributed by atoms with Crippen molar-refractivity contribution in [1.29, 1.82) is 0 Å². The molecule has 1 aromatic heterocycles. The normalized spacial score (nSPS) is 11.0. The molecule has 0 aliphatic carbocycles. The summed E-state index contributed by atoms with van der Waals surface area (Å²) in [6.45, 7) is 4.03. The highest BCUT2D eigenvalue weighted by atomic mass is 16.5. The van der Waals surface area contributed by atoms with E-state index in [0.717, 1.165) is 11.4 Å². The number of pyridine rings is 1. The Morgan fingerprint density at radius 3 is 3.00 bits per heavy atom. The van der Waals surface area contributed by atoms with Gasteiger partial charge in [-0.2, -0.15) is 5.10 Å². The van der Waals surface area contributed by atoms with Crippen molar-refractivity contribution in [3.8, 4) is 0 Å². The van der Waals surface area contributed by atoms with Crippen LogP contribution >= 0.6 is 0 Å². The van der Waals surface area contributed by atoms with E-state index in [1.807, 2.05) is 25.1 Å². The minimum Gasteiger partial charge on any atom is -0.465 e. The fraction of sp³-hybridized carbons (Fsp3) is 0.364. The monoisotopic (exact) mass is 221 g/mol. The summed E-state index contributed by atoms with van der Waals surface area (Å²) in [5.74, 6) is -0.319. The molecule has 0 bridgehead atoms. The van der Waals surface area contributed by atoms with Gasteiger partial charge in [-0.15, -0.1) is 0 Å². The average molecular weight is 221 g/mol. The van der Waals surface area contributed by atoms with Gasteiger partial charge >= 0.3 is 5.97 Å². The molecule has 0 atom stereocenters. The highest BCUT2D eigenvalue weighted by molar-refractivity contribution is 5.96. The molecule has 1 aromatic rings. The lowest BCUT2D eigenvalue weighted by Crippen LogP contribution is -2.21. The van der Waals surface area contributed by atoms with Crippen LogP contribution in [0.1, 0.15) is 19.5 Å². The van der Waals surface area contributed by atoms with Crippen molar-refractivity contribution in [3.63, 3.8) is 0 Å². The SMILES string of the molecule is CCOC(=O)CN/N=C(\C)c1ccccn1. The molecular formula is C11H15N3O2. The maximum Gasteiger partial charge on any atom is 0.327 e. The Morgan fingerprint density at radius 2 is 2.38 bits per heavy atom. The summed E-state index contributed by atoms with van der Waals surface area (Å²) in [4.78, 5) is 15.1. The minimum absolute atomic E-state index is 0.0675. The van der Waals surface area contributed by atoms with E-state index >= 15 is 0 Å². The summed E-state index contributed by atoms with van der Waals surface area (Å²) >= 11 is 0. The molecule has 86 valence electrons. The number of rotatable bonds is 5. The van der Waals surface area contributed by atoms with Crippen molar-refractivity contribution in [2.45, 2.75) is 13.8 Å². The van der Waals surface area contributed by atoms with E-state index in [9.17, 15) is 4.79 Å². The Balaban J connectivity index is 2.43. The lowest BCUT2D eigenvalue weighted by molar-refractivity contribution is -0.141. The molecule has 1 rings (SSSR count). The highest BCUT2D eigenvalue weighted by Gasteiger charge is 2.00. The highest BCUT2D eigenvalue weighted by Crippen LogP contribution is 1.94. The van der Waals surface area contributed by atoms with Gasteiger partial charge in [-0.1, -0.05) is 6.07 Å². The second-order valence-electron chi connectivity index (χ2n) is 3.05. The number of ether oxygens (including phenoxy) is 1. The number of esters is 1. The predicted molar refractivity (Wildman–Crippen MR) is 61.1 cm³/mol. The van der Waals surface area contributed by atoms with Crippen LogP contribution in [0.15, 0.2) is 29.5 Å². The quantitative estimate of drug-likeness (QED) is 0.457. The first-order valence-corrected chi connectivity index (χ1v) is 5.08. The third-order valence-corrected chi connectivity index (χ3v) is 1.81. The van der Waals surface area contributed by atoms with Crippen LogP contribution in [0.5, 0.6) is 0 Å². The van der Waals surface area contributed by atoms with Crippen LogP contribution in [0.3, 0.4) is 0 Å². The molecule has 0 saturated heterocycles. The number of carbonyl (C=O) groups is 1. The Labute approximate surface area is 94.5 Å². The molecule has 16 heavy (non-hydrogen) atoms. The molecule has 5 heteroatoms. The van der Waals surface area contributed by atoms with E-state index in [0.29, 0.717) is 6.61 Å². The number of hydrogen-bond acceptors (Lipinski definition) is 5. The van der Waals surface area contributed by atoms with Gasteiger partial charge in [-0.3, -0.25) is 15.2 Å². The second-order valence-corrected chi connectivity index (χ2v) is 3.05. The van der Waals surface area contributed by atoms with Crippen LogP contribution in [0.4, 0.5) is 0 Å². The molecule has 5 nitrogen and oxygen atoms in total. The molecule has 0 fully saturated rings. The lowest BCUT2D eigenvalue weighted by atomic mass is 10.3. The second kappa shape index (κ2) is 6.55. The first kappa shape index (κ1) is 12.2. The Morgan fingerprint density at radius 1 is 1.56 bits per heavy atom. The third-order valence-electron chi connectivity index (χ3n) is 1.81. The van der Waals surface area contributed by atoms with E-state index in [2.05, 4.69) is 15.5 Å². The number of hydrazone groups is 1. The average Bonchev–Trinajstić information content (AvgIpc) is 2.30. The third kappa shape index (κ3) is 4.08. The van der Waals surface area contributed by atoms with E-state index < -0.39 is 0 Å². The molecule has 0 unspecified atom stereocenters. The van der Waals surface area contributed by atoms with Crippen LogP contribution in [0.25, 0.3) is 0 Å². The molecule has 0 saturated carbocycles. The van der Waals surface area contributed by atoms with Gasteiger partial charge in [0, 0.05) is 6.20 Å². The van der Waals surface area contributed by atoms with Crippen LogP contribution < -0.4 is 5.43 Å². The fourth-order valence-electron chi connectivity index (χ4n) is 1.07. The summed E-state index contributed by atoms with van der Waals surface area (Å²) in [6, 6.07) is 5.57. The summed E-state index contributed by atoms with van der Waals surface area (Å²) in [7, 11) is 0. The Kier molecular flexibility index (Phi) is 4.98. The van der Waals surface area contributed by atoms with Gasteiger partial charge < -0.3 is 4.74 Å².